The van der Waals surface area contributed by atoms with Gasteiger partial charge < -0.3 is 14.4 Å². The Morgan fingerprint density at radius 2 is 1.96 bits per heavy atom. The zero-order valence-corrected chi connectivity index (χ0v) is 18.5. The Hall–Kier alpha value is -1.49. The van der Waals surface area contributed by atoms with Gasteiger partial charge in [0.05, 0.1) is 17.6 Å². The third-order valence-corrected chi connectivity index (χ3v) is 6.24. The molecule has 1 aromatic rings. The summed E-state index contributed by atoms with van der Waals surface area (Å²) in [5, 5.41) is 0. The van der Waals surface area contributed by atoms with Crippen molar-refractivity contribution in [1.82, 2.24) is 9.62 Å². The molecular formula is C18H25BrN2O6S. The Morgan fingerprint density at radius 3 is 2.54 bits per heavy atom. The van der Waals surface area contributed by atoms with Crippen molar-refractivity contribution in [2.45, 2.75) is 37.8 Å². The molecule has 1 aliphatic heterocycles. The van der Waals surface area contributed by atoms with Crippen LogP contribution in [0.1, 0.15) is 20.8 Å². The second-order valence-electron chi connectivity index (χ2n) is 6.93. The molecule has 1 N–H and O–H groups in total. The number of carbonyl (C=O) groups is 2. The van der Waals surface area contributed by atoms with E-state index < -0.39 is 28.6 Å². The van der Waals surface area contributed by atoms with Gasteiger partial charge in [0.15, 0.2) is 6.61 Å². The molecule has 0 bridgehead atoms. The molecule has 2 rings (SSSR count). The topological polar surface area (TPSA) is 102 Å². The SMILES string of the molecule is CC1CN(C(=O)COC(=O)C(NS(=O)(=O)c2ccc(Br)cc2)C(C)C)CCO1. The fraction of sp³-hybridized carbons (Fsp3) is 0.556. The number of rotatable bonds is 7. The summed E-state index contributed by atoms with van der Waals surface area (Å²) in [4.78, 5) is 26.3. The molecule has 8 nitrogen and oxygen atoms in total. The van der Waals surface area contributed by atoms with Gasteiger partial charge in [0.25, 0.3) is 5.91 Å². The maximum Gasteiger partial charge on any atom is 0.324 e. The van der Waals surface area contributed by atoms with Crippen LogP contribution in [0.3, 0.4) is 0 Å². The number of sulfonamides is 1. The van der Waals surface area contributed by atoms with E-state index in [9.17, 15) is 18.0 Å². The van der Waals surface area contributed by atoms with Gasteiger partial charge in [0.2, 0.25) is 10.0 Å². The molecular weight excluding hydrogens is 452 g/mol. The quantitative estimate of drug-likeness (QED) is 0.598. The fourth-order valence-corrected chi connectivity index (χ4v) is 4.26. The number of esters is 1. The van der Waals surface area contributed by atoms with E-state index in [1.807, 2.05) is 6.92 Å². The molecule has 0 spiro atoms. The summed E-state index contributed by atoms with van der Waals surface area (Å²) in [6, 6.07) is 4.94. The molecule has 1 aliphatic rings. The summed E-state index contributed by atoms with van der Waals surface area (Å²) in [5.74, 6) is -1.48. The number of hydrogen-bond donors (Lipinski definition) is 1. The molecule has 0 radical (unpaired) electrons. The van der Waals surface area contributed by atoms with Gasteiger partial charge in [-0.15, -0.1) is 0 Å². The molecule has 1 saturated heterocycles. The van der Waals surface area contributed by atoms with E-state index in [0.717, 1.165) is 4.47 Å². The number of halogens is 1. The highest BCUT2D eigenvalue weighted by Gasteiger charge is 2.31. The summed E-state index contributed by atoms with van der Waals surface area (Å²) >= 11 is 3.25. The summed E-state index contributed by atoms with van der Waals surface area (Å²) < 4.78 is 38.7. The minimum atomic E-state index is -3.92. The highest BCUT2D eigenvalue weighted by molar-refractivity contribution is 9.10. The first kappa shape index (κ1) is 22.8. The van der Waals surface area contributed by atoms with Crippen molar-refractivity contribution < 1.29 is 27.5 Å². The first-order chi connectivity index (χ1) is 13.1. The van der Waals surface area contributed by atoms with Crippen LogP contribution in [-0.2, 0) is 29.1 Å². The predicted molar refractivity (Wildman–Crippen MR) is 106 cm³/mol. The van der Waals surface area contributed by atoms with Crippen molar-refractivity contribution in [3.05, 3.63) is 28.7 Å². The van der Waals surface area contributed by atoms with Crippen molar-refractivity contribution >= 4 is 37.8 Å². The summed E-state index contributed by atoms with van der Waals surface area (Å²) in [6.07, 6.45) is -0.0745. The average molecular weight is 477 g/mol. The lowest BCUT2D eigenvalue weighted by molar-refractivity contribution is -0.156. The van der Waals surface area contributed by atoms with Crippen LogP contribution in [0.2, 0.25) is 0 Å². The molecule has 156 valence electrons. The Balaban J connectivity index is 1.99. The molecule has 1 amide bonds. The zero-order valence-electron chi connectivity index (χ0n) is 16.1. The maximum atomic E-state index is 12.6. The lowest BCUT2D eigenvalue weighted by Crippen LogP contribution is -2.48. The Kier molecular flexibility index (Phi) is 7.99. The van der Waals surface area contributed by atoms with Gasteiger partial charge >= 0.3 is 5.97 Å². The predicted octanol–water partition coefficient (Wildman–Crippen LogP) is 1.54. The molecule has 1 fully saturated rings. The molecule has 28 heavy (non-hydrogen) atoms. The summed E-state index contributed by atoms with van der Waals surface area (Å²) in [7, 11) is -3.92. The first-order valence-electron chi connectivity index (χ1n) is 8.94. The van der Waals surface area contributed by atoms with Gasteiger partial charge in [0, 0.05) is 17.6 Å². The van der Waals surface area contributed by atoms with Crippen LogP contribution in [0.4, 0.5) is 0 Å². The van der Waals surface area contributed by atoms with Crippen molar-refractivity contribution in [3.63, 3.8) is 0 Å². The number of amides is 1. The van der Waals surface area contributed by atoms with Gasteiger partial charge in [-0.1, -0.05) is 29.8 Å². The first-order valence-corrected chi connectivity index (χ1v) is 11.2. The molecule has 0 saturated carbocycles. The Bertz CT molecular complexity index is 797. The lowest BCUT2D eigenvalue weighted by atomic mass is 10.1. The highest BCUT2D eigenvalue weighted by Crippen LogP contribution is 2.16. The van der Waals surface area contributed by atoms with E-state index in [2.05, 4.69) is 20.7 Å². The van der Waals surface area contributed by atoms with Crippen molar-refractivity contribution in [2.75, 3.05) is 26.3 Å². The second-order valence-corrected chi connectivity index (χ2v) is 9.56. The van der Waals surface area contributed by atoms with Crippen LogP contribution in [0, 0.1) is 5.92 Å². The van der Waals surface area contributed by atoms with Gasteiger partial charge in [0.1, 0.15) is 6.04 Å². The number of carbonyl (C=O) groups excluding carboxylic acids is 2. The largest absolute Gasteiger partial charge is 0.454 e. The molecule has 0 aromatic heterocycles. The fourth-order valence-electron chi connectivity index (χ4n) is 2.66. The van der Waals surface area contributed by atoms with Crippen LogP contribution in [0.25, 0.3) is 0 Å². The number of benzene rings is 1. The van der Waals surface area contributed by atoms with Crippen LogP contribution >= 0.6 is 15.9 Å². The summed E-state index contributed by atoms with van der Waals surface area (Å²) in [6.45, 7) is 6.11. The molecule has 0 aliphatic carbocycles. The van der Waals surface area contributed by atoms with E-state index in [1.54, 1.807) is 30.9 Å². The van der Waals surface area contributed by atoms with Gasteiger partial charge in [-0.2, -0.15) is 4.72 Å². The second kappa shape index (κ2) is 9.82. The number of nitrogens with one attached hydrogen (secondary N) is 1. The van der Waals surface area contributed by atoms with Crippen molar-refractivity contribution in [3.8, 4) is 0 Å². The van der Waals surface area contributed by atoms with Gasteiger partial charge in [-0.25, -0.2) is 8.42 Å². The molecule has 1 aromatic carbocycles. The van der Waals surface area contributed by atoms with Crippen molar-refractivity contribution in [2.24, 2.45) is 5.92 Å². The zero-order chi connectivity index (χ0) is 20.9. The van der Waals surface area contributed by atoms with Crippen LogP contribution in [0.15, 0.2) is 33.6 Å². The van der Waals surface area contributed by atoms with E-state index >= 15 is 0 Å². The highest BCUT2D eigenvalue weighted by atomic mass is 79.9. The maximum absolute atomic E-state index is 12.6. The summed E-state index contributed by atoms with van der Waals surface area (Å²) in [5.41, 5.74) is 0. The van der Waals surface area contributed by atoms with Crippen LogP contribution in [-0.4, -0.2) is 63.6 Å². The van der Waals surface area contributed by atoms with E-state index in [4.69, 9.17) is 9.47 Å². The number of hydrogen-bond acceptors (Lipinski definition) is 6. The number of ether oxygens (including phenoxy) is 2. The third-order valence-electron chi connectivity index (χ3n) is 4.26. The van der Waals surface area contributed by atoms with Gasteiger partial charge in [-0.3, -0.25) is 9.59 Å². The number of morpholine rings is 1. The third kappa shape index (κ3) is 6.26. The molecule has 1 heterocycles. The lowest BCUT2D eigenvalue weighted by Gasteiger charge is -2.31. The number of nitrogens with zero attached hydrogens (tertiary/aromatic N) is 1. The average Bonchev–Trinajstić information content (AvgIpc) is 2.64. The minimum absolute atomic E-state index is 0.0348. The molecule has 10 heteroatoms. The van der Waals surface area contributed by atoms with Gasteiger partial charge in [-0.05, 0) is 37.1 Å². The standard InChI is InChI=1S/C18H25BrN2O6S/c1-12(2)17(20-28(24,25)15-6-4-14(19)5-7-15)18(23)27-11-16(22)21-8-9-26-13(3)10-21/h4-7,12-13,17,20H,8-11H2,1-3H3. The minimum Gasteiger partial charge on any atom is -0.454 e. The van der Waals surface area contributed by atoms with Crippen LogP contribution in [0.5, 0.6) is 0 Å². The Morgan fingerprint density at radius 1 is 1.32 bits per heavy atom. The molecule has 2 atom stereocenters. The smallest absolute Gasteiger partial charge is 0.324 e. The van der Waals surface area contributed by atoms with Crippen LogP contribution < -0.4 is 4.72 Å². The normalized spacial score (nSPS) is 18.8. The Labute approximate surface area is 173 Å². The van der Waals surface area contributed by atoms with E-state index in [0.29, 0.717) is 19.7 Å². The van der Waals surface area contributed by atoms with E-state index in [1.165, 1.54) is 12.1 Å². The monoisotopic (exact) mass is 476 g/mol. The molecule has 2 unspecified atom stereocenters. The van der Waals surface area contributed by atoms with E-state index in [-0.39, 0.29) is 22.8 Å². The van der Waals surface area contributed by atoms with Crippen molar-refractivity contribution in [1.29, 1.82) is 0 Å².